The van der Waals surface area contributed by atoms with Gasteiger partial charge in [0.2, 0.25) is 5.91 Å². The molecule has 1 N–H and O–H groups in total. The highest BCUT2D eigenvalue weighted by Crippen LogP contribution is 1.97. The van der Waals surface area contributed by atoms with Gasteiger partial charge in [-0.05, 0) is 6.92 Å². The summed E-state index contributed by atoms with van der Waals surface area (Å²) in [4.78, 5) is 10.5. The summed E-state index contributed by atoms with van der Waals surface area (Å²) in [5.41, 5.74) is 0. The minimum atomic E-state index is -0.176. The lowest BCUT2D eigenvalue weighted by molar-refractivity contribution is -0.121. The normalized spacial score (nSPS) is 11.7. The van der Waals surface area contributed by atoms with Crippen LogP contribution in [0.5, 0.6) is 0 Å². The van der Waals surface area contributed by atoms with E-state index < -0.39 is 0 Å². The van der Waals surface area contributed by atoms with E-state index >= 15 is 0 Å². The lowest BCUT2D eigenvalue weighted by Gasteiger charge is -1.98. The second-order valence-electron chi connectivity index (χ2n) is 1.91. The van der Waals surface area contributed by atoms with Gasteiger partial charge in [-0.25, -0.2) is 0 Å². The van der Waals surface area contributed by atoms with E-state index in [0.717, 1.165) is 0 Å². The van der Waals surface area contributed by atoms with E-state index in [9.17, 15) is 4.79 Å². The summed E-state index contributed by atoms with van der Waals surface area (Å²) in [6.45, 7) is 1.72. The van der Waals surface area contributed by atoms with Gasteiger partial charge in [-0.15, -0.1) is 0 Å². The molecule has 0 radical (unpaired) electrons. The molecule has 1 atom stereocenters. The summed E-state index contributed by atoms with van der Waals surface area (Å²) < 4.78 is 0. The van der Waals surface area contributed by atoms with Crippen molar-refractivity contribution in [2.45, 2.75) is 13.3 Å². The monoisotopic (exact) mass is 126 g/mol. The van der Waals surface area contributed by atoms with Crippen LogP contribution in [0.2, 0.25) is 0 Å². The van der Waals surface area contributed by atoms with Gasteiger partial charge in [-0.3, -0.25) is 4.79 Å². The maximum atomic E-state index is 10.5. The Morgan fingerprint density at radius 2 is 2.44 bits per heavy atom. The quantitative estimate of drug-likeness (QED) is 0.577. The van der Waals surface area contributed by atoms with Crippen LogP contribution in [0.3, 0.4) is 0 Å². The number of carbonyl (C=O) groups excluding carboxylic acids is 1. The molecule has 0 aromatic heterocycles. The van der Waals surface area contributed by atoms with Gasteiger partial charge >= 0.3 is 0 Å². The smallest absolute Gasteiger partial charge is 0.221 e. The summed E-state index contributed by atoms with van der Waals surface area (Å²) in [6, 6.07) is 1.97. The first-order valence-electron chi connectivity index (χ1n) is 2.81. The van der Waals surface area contributed by atoms with Crippen LogP contribution in [0.1, 0.15) is 13.3 Å². The van der Waals surface area contributed by atoms with Crippen molar-refractivity contribution in [3.05, 3.63) is 0 Å². The second kappa shape index (κ2) is 3.90. The molecule has 0 rings (SSSR count). The molecular formula is C6H10N2O. The molecule has 9 heavy (non-hydrogen) atoms. The van der Waals surface area contributed by atoms with E-state index in [1.165, 1.54) is 0 Å². The summed E-state index contributed by atoms with van der Waals surface area (Å²) in [7, 11) is 1.56. The van der Waals surface area contributed by atoms with Gasteiger partial charge in [0.1, 0.15) is 0 Å². The molecule has 0 bridgehead atoms. The Morgan fingerprint density at radius 1 is 1.89 bits per heavy atom. The number of carbonyl (C=O) groups is 1. The minimum absolute atomic E-state index is 0.0796. The van der Waals surface area contributed by atoms with Crippen molar-refractivity contribution in [1.29, 1.82) is 5.26 Å². The Morgan fingerprint density at radius 3 is 2.78 bits per heavy atom. The van der Waals surface area contributed by atoms with Crippen molar-refractivity contribution in [3.63, 3.8) is 0 Å². The molecule has 50 valence electrons. The van der Waals surface area contributed by atoms with Gasteiger partial charge < -0.3 is 5.32 Å². The van der Waals surface area contributed by atoms with Gasteiger partial charge in [0, 0.05) is 13.5 Å². The van der Waals surface area contributed by atoms with E-state index in [4.69, 9.17) is 5.26 Å². The molecule has 0 heterocycles. The predicted octanol–water partition coefficient (Wildman–Crippen LogP) is 0.282. The molecule has 0 saturated carbocycles. The number of nitrogens with one attached hydrogen (secondary N) is 1. The molecule has 3 nitrogen and oxygen atoms in total. The number of nitriles is 1. The Bertz CT molecular complexity index is 136. The van der Waals surface area contributed by atoms with Crippen LogP contribution in [0, 0.1) is 17.2 Å². The van der Waals surface area contributed by atoms with Gasteiger partial charge in [0.25, 0.3) is 0 Å². The first-order chi connectivity index (χ1) is 4.20. The van der Waals surface area contributed by atoms with E-state index in [0.29, 0.717) is 6.42 Å². The standard InChI is InChI=1S/C6H10N2O/c1-5(4-7)3-6(9)8-2/h5H,3H2,1-2H3,(H,8,9)/t5-/m1/s1. The fraction of sp³-hybridized carbons (Fsp3) is 0.667. The molecule has 0 aromatic carbocycles. The molecule has 0 saturated heterocycles. The van der Waals surface area contributed by atoms with Crippen LogP contribution < -0.4 is 5.32 Å². The zero-order valence-electron chi connectivity index (χ0n) is 5.64. The summed E-state index contributed by atoms with van der Waals surface area (Å²) in [6.07, 6.45) is 0.299. The molecule has 3 heteroatoms. The van der Waals surface area contributed by atoms with Crippen LogP contribution in [0.4, 0.5) is 0 Å². The third-order valence-electron chi connectivity index (χ3n) is 0.991. The zero-order valence-corrected chi connectivity index (χ0v) is 5.64. The maximum absolute atomic E-state index is 10.5. The first kappa shape index (κ1) is 7.96. The van der Waals surface area contributed by atoms with Crippen LogP contribution >= 0.6 is 0 Å². The number of hydrogen-bond donors (Lipinski definition) is 1. The molecule has 1 amide bonds. The molecule has 0 fully saturated rings. The molecule has 0 aliphatic heterocycles. The van der Waals surface area contributed by atoms with Crippen molar-refractivity contribution in [2.75, 3.05) is 7.05 Å². The largest absolute Gasteiger partial charge is 0.359 e. The molecule has 0 aromatic rings. The highest BCUT2D eigenvalue weighted by atomic mass is 16.1. The molecule has 0 spiro atoms. The predicted molar refractivity (Wildman–Crippen MR) is 33.5 cm³/mol. The van der Waals surface area contributed by atoms with Crippen molar-refractivity contribution in [2.24, 2.45) is 5.92 Å². The number of amides is 1. The summed E-state index contributed by atoms with van der Waals surface area (Å²) in [5.74, 6) is -0.256. The molecular weight excluding hydrogens is 116 g/mol. The van der Waals surface area contributed by atoms with E-state index in [1.807, 2.05) is 6.07 Å². The topological polar surface area (TPSA) is 52.9 Å². The van der Waals surface area contributed by atoms with Gasteiger partial charge in [-0.1, -0.05) is 0 Å². The summed E-state index contributed by atoms with van der Waals surface area (Å²) >= 11 is 0. The number of nitrogens with zero attached hydrogens (tertiary/aromatic N) is 1. The average molecular weight is 126 g/mol. The van der Waals surface area contributed by atoms with Crippen LogP contribution in [-0.4, -0.2) is 13.0 Å². The highest BCUT2D eigenvalue weighted by molar-refractivity contribution is 5.75. The van der Waals surface area contributed by atoms with Crippen LogP contribution in [-0.2, 0) is 4.79 Å². The zero-order chi connectivity index (χ0) is 7.28. The van der Waals surface area contributed by atoms with Crippen molar-refractivity contribution in [3.8, 4) is 6.07 Å². The van der Waals surface area contributed by atoms with E-state index in [1.54, 1.807) is 14.0 Å². The summed E-state index contributed by atoms with van der Waals surface area (Å²) in [5, 5.41) is 10.7. The fourth-order valence-corrected chi connectivity index (χ4v) is 0.426. The van der Waals surface area contributed by atoms with Crippen molar-refractivity contribution in [1.82, 2.24) is 5.32 Å². The van der Waals surface area contributed by atoms with Gasteiger partial charge in [0.05, 0.1) is 12.0 Å². The molecule has 0 aliphatic rings. The van der Waals surface area contributed by atoms with Crippen molar-refractivity contribution >= 4 is 5.91 Å². The molecule has 0 aliphatic carbocycles. The average Bonchev–Trinajstić information content (AvgIpc) is 1.87. The Kier molecular flexibility index (Phi) is 3.45. The lowest BCUT2D eigenvalue weighted by atomic mass is 10.1. The highest BCUT2D eigenvalue weighted by Gasteiger charge is 2.04. The van der Waals surface area contributed by atoms with E-state index in [-0.39, 0.29) is 11.8 Å². The second-order valence-corrected chi connectivity index (χ2v) is 1.91. The lowest BCUT2D eigenvalue weighted by Crippen LogP contribution is -2.19. The Hall–Kier alpha value is -1.04. The van der Waals surface area contributed by atoms with Crippen LogP contribution in [0.15, 0.2) is 0 Å². The third kappa shape index (κ3) is 3.53. The van der Waals surface area contributed by atoms with Crippen molar-refractivity contribution < 1.29 is 4.79 Å². The number of hydrogen-bond acceptors (Lipinski definition) is 2. The van der Waals surface area contributed by atoms with E-state index in [2.05, 4.69) is 5.32 Å². The third-order valence-corrected chi connectivity index (χ3v) is 0.991. The fourth-order valence-electron chi connectivity index (χ4n) is 0.426. The first-order valence-corrected chi connectivity index (χ1v) is 2.81. The Labute approximate surface area is 54.7 Å². The van der Waals surface area contributed by atoms with Crippen LogP contribution in [0.25, 0.3) is 0 Å². The molecule has 0 unspecified atom stereocenters. The minimum Gasteiger partial charge on any atom is -0.359 e. The SMILES string of the molecule is CNC(=O)C[C@@H](C)C#N. The van der Waals surface area contributed by atoms with Gasteiger partial charge in [-0.2, -0.15) is 5.26 Å². The van der Waals surface area contributed by atoms with Gasteiger partial charge in [0.15, 0.2) is 0 Å². The maximum Gasteiger partial charge on any atom is 0.221 e. The Balaban J connectivity index is 3.50. The number of rotatable bonds is 2.